The van der Waals surface area contributed by atoms with E-state index >= 15 is 0 Å². The number of aromatic nitrogens is 1. The van der Waals surface area contributed by atoms with Crippen molar-refractivity contribution >= 4 is 16.9 Å². The molecule has 1 N–H and O–H groups in total. The van der Waals surface area contributed by atoms with E-state index in [0.29, 0.717) is 13.0 Å². The largest absolute Gasteiger partial charge is 0.466 e. The maximum Gasteiger partial charge on any atom is 0.310 e. The van der Waals surface area contributed by atoms with Gasteiger partial charge in [0.15, 0.2) is 0 Å². The third-order valence-electron chi connectivity index (χ3n) is 2.48. The molecular formula is C13H15NO2. The van der Waals surface area contributed by atoms with E-state index in [1.54, 1.807) is 0 Å². The Morgan fingerprint density at radius 2 is 2.19 bits per heavy atom. The topological polar surface area (TPSA) is 42.1 Å². The second-order valence-corrected chi connectivity index (χ2v) is 3.86. The fourth-order valence-electron chi connectivity index (χ4n) is 1.81. The number of carbonyl (C=O) groups excluding carboxylic acids is 1. The number of ether oxygens (including phenoxy) is 1. The molecule has 0 radical (unpaired) electrons. The van der Waals surface area contributed by atoms with Crippen LogP contribution in [-0.4, -0.2) is 17.6 Å². The van der Waals surface area contributed by atoms with Gasteiger partial charge < -0.3 is 9.72 Å². The van der Waals surface area contributed by atoms with E-state index in [-0.39, 0.29) is 5.97 Å². The summed E-state index contributed by atoms with van der Waals surface area (Å²) in [5, 5.41) is 1.17. The van der Waals surface area contributed by atoms with Crippen LogP contribution in [0.1, 0.15) is 18.2 Å². The molecule has 1 aromatic heterocycles. The lowest BCUT2D eigenvalue weighted by molar-refractivity contribution is -0.142. The summed E-state index contributed by atoms with van der Waals surface area (Å²) in [5.74, 6) is -0.176. The predicted octanol–water partition coefficient (Wildman–Crippen LogP) is 2.58. The van der Waals surface area contributed by atoms with Crippen LogP contribution < -0.4 is 0 Å². The van der Waals surface area contributed by atoms with Gasteiger partial charge in [0, 0.05) is 11.2 Å². The summed E-state index contributed by atoms with van der Waals surface area (Å²) < 4.78 is 4.91. The first-order valence-corrected chi connectivity index (χ1v) is 5.43. The zero-order chi connectivity index (χ0) is 11.5. The van der Waals surface area contributed by atoms with E-state index in [1.807, 2.05) is 32.0 Å². The number of aromatic amines is 1. The van der Waals surface area contributed by atoms with Gasteiger partial charge in [-0.25, -0.2) is 0 Å². The van der Waals surface area contributed by atoms with E-state index < -0.39 is 0 Å². The van der Waals surface area contributed by atoms with Gasteiger partial charge in [0.1, 0.15) is 0 Å². The minimum Gasteiger partial charge on any atom is -0.466 e. The second-order valence-electron chi connectivity index (χ2n) is 3.86. The molecule has 1 heterocycles. The lowest BCUT2D eigenvalue weighted by atomic mass is 10.1. The number of H-pyrrole nitrogens is 1. The molecule has 1 aromatic carbocycles. The first kappa shape index (κ1) is 10.7. The summed E-state index contributed by atoms with van der Waals surface area (Å²) in [4.78, 5) is 14.6. The van der Waals surface area contributed by atoms with E-state index in [9.17, 15) is 4.79 Å². The molecule has 2 aromatic rings. The summed E-state index contributed by atoms with van der Waals surface area (Å²) >= 11 is 0. The SMILES string of the molecule is CCOC(=O)Cc1ccc2cc(C)[nH]c2c1. The first-order chi connectivity index (χ1) is 7.69. The van der Waals surface area contributed by atoms with Gasteiger partial charge in [-0.1, -0.05) is 12.1 Å². The number of fused-ring (bicyclic) bond motifs is 1. The van der Waals surface area contributed by atoms with Crippen LogP contribution in [0.5, 0.6) is 0 Å². The van der Waals surface area contributed by atoms with Gasteiger partial charge in [-0.3, -0.25) is 4.79 Å². The molecule has 0 aliphatic rings. The van der Waals surface area contributed by atoms with Gasteiger partial charge in [0.05, 0.1) is 13.0 Å². The highest BCUT2D eigenvalue weighted by Crippen LogP contribution is 2.17. The van der Waals surface area contributed by atoms with Crippen molar-refractivity contribution < 1.29 is 9.53 Å². The number of rotatable bonds is 3. The Morgan fingerprint density at radius 1 is 1.38 bits per heavy atom. The summed E-state index contributed by atoms with van der Waals surface area (Å²) in [6.07, 6.45) is 0.335. The number of hydrogen-bond acceptors (Lipinski definition) is 2. The average Bonchev–Trinajstić information content (AvgIpc) is 2.57. The summed E-state index contributed by atoms with van der Waals surface area (Å²) in [6, 6.07) is 8.07. The van der Waals surface area contributed by atoms with Crippen LogP contribution in [0.25, 0.3) is 10.9 Å². The Hall–Kier alpha value is -1.77. The summed E-state index contributed by atoms with van der Waals surface area (Å²) in [7, 11) is 0. The second kappa shape index (κ2) is 4.39. The van der Waals surface area contributed by atoms with E-state index in [1.165, 1.54) is 5.39 Å². The molecule has 0 saturated carbocycles. The van der Waals surface area contributed by atoms with Crippen LogP contribution in [0.15, 0.2) is 24.3 Å². The normalized spacial score (nSPS) is 10.6. The highest BCUT2D eigenvalue weighted by atomic mass is 16.5. The van der Waals surface area contributed by atoms with Crippen LogP contribution >= 0.6 is 0 Å². The lowest BCUT2D eigenvalue weighted by Crippen LogP contribution is -2.07. The fourth-order valence-corrected chi connectivity index (χ4v) is 1.81. The zero-order valence-electron chi connectivity index (χ0n) is 9.54. The Kier molecular flexibility index (Phi) is 2.95. The van der Waals surface area contributed by atoms with Gasteiger partial charge >= 0.3 is 5.97 Å². The monoisotopic (exact) mass is 217 g/mol. The molecule has 0 atom stereocenters. The molecule has 0 bridgehead atoms. The van der Waals surface area contributed by atoms with Crippen LogP contribution in [-0.2, 0) is 16.0 Å². The minimum absolute atomic E-state index is 0.176. The maximum atomic E-state index is 11.3. The zero-order valence-corrected chi connectivity index (χ0v) is 9.54. The van der Waals surface area contributed by atoms with Crippen molar-refractivity contribution in [1.29, 1.82) is 0 Å². The molecular weight excluding hydrogens is 202 g/mol. The third kappa shape index (κ3) is 2.24. The van der Waals surface area contributed by atoms with Gasteiger partial charge in [-0.2, -0.15) is 0 Å². The van der Waals surface area contributed by atoms with Crippen molar-refractivity contribution in [2.45, 2.75) is 20.3 Å². The van der Waals surface area contributed by atoms with Crippen LogP contribution in [0.2, 0.25) is 0 Å². The molecule has 2 rings (SSSR count). The van der Waals surface area contributed by atoms with Crippen molar-refractivity contribution in [2.75, 3.05) is 6.61 Å². The Labute approximate surface area is 94.4 Å². The Morgan fingerprint density at radius 3 is 2.94 bits per heavy atom. The number of aryl methyl sites for hydroxylation is 1. The molecule has 0 aliphatic heterocycles. The molecule has 3 nitrogen and oxygen atoms in total. The van der Waals surface area contributed by atoms with Crippen LogP contribution in [0.3, 0.4) is 0 Å². The van der Waals surface area contributed by atoms with Crippen molar-refractivity contribution in [3.63, 3.8) is 0 Å². The maximum absolute atomic E-state index is 11.3. The summed E-state index contributed by atoms with van der Waals surface area (Å²) in [5.41, 5.74) is 3.18. The predicted molar refractivity (Wildman–Crippen MR) is 63.4 cm³/mol. The highest BCUT2D eigenvalue weighted by molar-refractivity contribution is 5.82. The van der Waals surface area contributed by atoms with Crippen molar-refractivity contribution in [3.05, 3.63) is 35.5 Å². The number of nitrogens with one attached hydrogen (secondary N) is 1. The van der Waals surface area contributed by atoms with E-state index in [4.69, 9.17) is 4.74 Å². The van der Waals surface area contributed by atoms with Crippen molar-refractivity contribution in [1.82, 2.24) is 4.98 Å². The quantitative estimate of drug-likeness (QED) is 0.803. The smallest absolute Gasteiger partial charge is 0.310 e. The molecule has 0 saturated heterocycles. The summed E-state index contributed by atoms with van der Waals surface area (Å²) in [6.45, 7) is 4.27. The molecule has 0 spiro atoms. The molecule has 16 heavy (non-hydrogen) atoms. The van der Waals surface area contributed by atoms with Gasteiger partial charge in [0.25, 0.3) is 0 Å². The first-order valence-electron chi connectivity index (χ1n) is 5.43. The van der Waals surface area contributed by atoms with Gasteiger partial charge in [-0.15, -0.1) is 0 Å². The van der Waals surface area contributed by atoms with Gasteiger partial charge in [0.2, 0.25) is 0 Å². The number of esters is 1. The number of hydrogen-bond donors (Lipinski definition) is 1. The lowest BCUT2D eigenvalue weighted by Gasteiger charge is -2.01. The minimum atomic E-state index is -0.176. The molecule has 0 fully saturated rings. The van der Waals surface area contributed by atoms with Crippen molar-refractivity contribution in [3.8, 4) is 0 Å². The molecule has 0 amide bonds. The van der Waals surface area contributed by atoms with Crippen molar-refractivity contribution in [2.24, 2.45) is 0 Å². The Bertz CT molecular complexity index is 514. The highest BCUT2D eigenvalue weighted by Gasteiger charge is 2.05. The van der Waals surface area contributed by atoms with E-state index in [2.05, 4.69) is 11.1 Å². The van der Waals surface area contributed by atoms with Gasteiger partial charge in [-0.05, 0) is 36.9 Å². The number of carbonyl (C=O) groups is 1. The molecule has 0 aliphatic carbocycles. The fraction of sp³-hybridized carbons (Fsp3) is 0.308. The van der Waals surface area contributed by atoms with Crippen LogP contribution in [0, 0.1) is 6.92 Å². The Balaban J connectivity index is 2.22. The van der Waals surface area contributed by atoms with E-state index in [0.717, 1.165) is 16.8 Å². The molecule has 84 valence electrons. The number of benzene rings is 1. The van der Waals surface area contributed by atoms with Crippen LogP contribution in [0.4, 0.5) is 0 Å². The standard InChI is InChI=1S/C13H15NO2/c1-3-16-13(15)8-10-4-5-11-6-9(2)14-12(11)7-10/h4-7,14H,3,8H2,1-2H3. The average molecular weight is 217 g/mol. The molecule has 3 heteroatoms. The third-order valence-corrected chi connectivity index (χ3v) is 2.48. The molecule has 0 unspecified atom stereocenters.